The topological polar surface area (TPSA) is 115 Å². The molecular weight excluding hydrogens is 573 g/mol. The molecule has 0 atom stereocenters. The zero-order valence-electron chi connectivity index (χ0n) is 24.2. The second-order valence-electron chi connectivity index (χ2n) is 10.6. The van der Waals surface area contributed by atoms with Gasteiger partial charge in [0, 0.05) is 68.1 Å². The molecule has 5 N–H and O–H groups in total. The minimum atomic E-state index is -4.73. The summed E-state index contributed by atoms with van der Waals surface area (Å²) in [6.45, 7) is 3.57. The molecule has 1 aliphatic heterocycles. The molecule has 0 spiro atoms. The Labute approximate surface area is 245 Å². The lowest BCUT2D eigenvalue weighted by Gasteiger charge is -2.32. The van der Waals surface area contributed by atoms with E-state index in [-0.39, 0.29) is 42.2 Å². The molecule has 232 valence electrons. The number of ether oxygens (including phenoxy) is 1. The number of anilines is 2. The Balaban J connectivity index is 1.63. The van der Waals surface area contributed by atoms with Crippen molar-refractivity contribution in [3.63, 3.8) is 0 Å². The first-order valence-electron chi connectivity index (χ1n) is 13.4. The Morgan fingerprint density at radius 3 is 2.44 bits per heavy atom. The Morgan fingerprint density at radius 1 is 1.19 bits per heavy atom. The monoisotopic (exact) mass is 607 g/mol. The molecule has 0 saturated carbocycles. The van der Waals surface area contributed by atoms with E-state index in [1.807, 2.05) is 6.92 Å². The van der Waals surface area contributed by atoms with Crippen LogP contribution in [-0.2, 0) is 19.8 Å². The molecule has 9 nitrogen and oxygen atoms in total. The molecule has 0 bridgehead atoms. The SMILES string of the molecule is COc1c(CN2CCC(F)(F)CC2)cc(C(F)(F)F)cc1NC(=O)c1ccc(C)c(N(N)/C=C(\N)c2cnn(C)c2C)c1. The number of nitrogens with zero attached hydrogens (tertiary/aromatic N) is 4. The van der Waals surface area contributed by atoms with Crippen molar-refractivity contribution in [2.45, 2.75) is 45.3 Å². The quantitative estimate of drug-likeness (QED) is 0.184. The van der Waals surface area contributed by atoms with Crippen molar-refractivity contribution in [2.24, 2.45) is 18.6 Å². The van der Waals surface area contributed by atoms with Gasteiger partial charge in [-0.3, -0.25) is 19.4 Å². The van der Waals surface area contributed by atoms with Gasteiger partial charge in [-0.15, -0.1) is 0 Å². The number of carbonyl (C=O) groups is 1. The Kier molecular flexibility index (Phi) is 9.02. The van der Waals surface area contributed by atoms with E-state index in [1.165, 1.54) is 30.5 Å². The van der Waals surface area contributed by atoms with Crippen LogP contribution < -0.4 is 26.6 Å². The van der Waals surface area contributed by atoms with Crippen molar-refractivity contribution in [1.82, 2.24) is 14.7 Å². The van der Waals surface area contributed by atoms with E-state index in [4.69, 9.17) is 16.3 Å². The summed E-state index contributed by atoms with van der Waals surface area (Å²) < 4.78 is 75.9. The number of nitrogens with one attached hydrogen (secondary N) is 1. The van der Waals surface area contributed by atoms with Gasteiger partial charge in [0.15, 0.2) is 0 Å². The fourth-order valence-corrected chi connectivity index (χ4v) is 4.88. The molecular formula is C29H34F5N7O2. The third-order valence-corrected chi connectivity index (χ3v) is 7.50. The second kappa shape index (κ2) is 12.2. The van der Waals surface area contributed by atoms with E-state index in [2.05, 4.69) is 10.4 Å². The molecule has 0 unspecified atom stereocenters. The van der Waals surface area contributed by atoms with Crippen LogP contribution in [0.1, 0.15) is 51.1 Å². The second-order valence-corrected chi connectivity index (χ2v) is 10.6. The van der Waals surface area contributed by atoms with Crippen LogP contribution in [0.15, 0.2) is 42.7 Å². The summed E-state index contributed by atoms with van der Waals surface area (Å²) in [6, 6.07) is 6.34. The lowest BCUT2D eigenvalue weighted by atomic mass is 10.0. The maximum atomic E-state index is 13.9. The lowest BCUT2D eigenvalue weighted by molar-refractivity contribution is -0.137. The van der Waals surface area contributed by atoms with Gasteiger partial charge in [0.1, 0.15) is 5.75 Å². The third kappa shape index (κ3) is 7.25. The number of aromatic nitrogens is 2. The van der Waals surface area contributed by atoms with Crippen LogP contribution in [0.2, 0.25) is 0 Å². The van der Waals surface area contributed by atoms with Crippen LogP contribution in [0.5, 0.6) is 5.75 Å². The number of piperidine rings is 1. The van der Waals surface area contributed by atoms with Crippen molar-refractivity contribution in [3.8, 4) is 5.75 Å². The molecule has 1 fully saturated rings. The van der Waals surface area contributed by atoms with Gasteiger partial charge >= 0.3 is 6.18 Å². The van der Waals surface area contributed by atoms with Gasteiger partial charge in [0.05, 0.1) is 35.9 Å². The van der Waals surface area contributed by atoms with Crippen molar-refractivity contribution >= 4 is 23.0 Å². The molecule has 1 amide bonds. The summed E-state index contributed by atoms with van der Waals surface area (Å²) in [4.78, 5) is 15.0. The number of amides is 1. The highest BCUT2D eigenvalue weighted by Crippen LogP contribution is 2.39. The first-order valence-corrected chi connectivity index (χ1v) is 13.4. The number of hydrazine groups is 1. The van der Waals surface area contributed by atoms with E-state index in [1.54, 1.807) is 35.8 Å². The van der Waals surface area contributed by atoms with Gasteiger partial charge in [-0.2, -0.15) is 18.3 Å². The fourth-order valence-electron chi connectivity index (χ4n) is 4.88. The molecule has 0 radical (unpaired) electrons. The molecule has 2 aromatic carbocycles. The van der Waals surface area contributed by atoms with Crippen LogP contribution in [0, 0.1) is 13.8 Å². The maximum absolute atomic E-state index is 13.9. The van der Waals surface area contributed by atoms with Crippen molar-refractivity contribution < 1.29 is 31.5 Å². The van der Waals surface area contributed by atoms with Crippen LogP contribution in [0.4, 0.5) is 33.3 Å². The zero-order chi connectivity index (χ0) is 31.7. The number of methoxy groups -OCH3 is 1. The normalized spacial score (nSPS) is 15.8. The smallest absolute Gasteiger partial charge is 0.416 e. The summed E-state index contributed by atoms with van der Waals surface area (Å²) in [6.07, 6.45) is -2.44. The molecule has 4 rings (SSSR count). The van der Waals surface area contributed by atoms with Gasteiger partial charge in [-0.25, -0.2) is 14.6 Å². The minimum absolute atomic E-state index is 0.00835. The highest BCUT2D eigenvalue weighted by atomic mass is 19.4. The van der Waals surface area contributed by atoms with E-state index >= 15 is 0 Å². The summed E-state index contributed by atoms with van der Waals surface area (Å²) in [5, 5.41) is 7.94. The average molecular weight is 608 g/mol. The Bertz CT molecular complexity index is 1520. The van der Waals surface area contributed by atoms with Gasteiger partial charge in [-0.05, 0) is 43.7 Å². The van der Waals surface area contributed by atoms with Crippen LogP contribution in [-0.4, -0.2) is 46.7 Å². The van der Waals surface area contributed by atoms with Gasteiger partial charge in [0.25, 0.3) is 11.8 Å². The molecule has 2 heterocycles. The highest BCUT2D eigenvalue weighted by Gasteiger charge is 2.36. The fraction of sp³-hybridized carbons (Fsp3) is 0.379. The average Bonchev–Trinajstić information content (AvgIpc) is 3.27. The number of halogens is 5. The highest BCUT2D eigenvalue weighted by molar-refractivity contribution is 6.06. The zero-order valence-corrected chi connectivity index (χ0v) is 24.2. The molecule has 0 aliphatic carbocycles. The van der Waals surface area contributed by atoms with Crippen LogP contribution >= 0.6 is 0 Å². The number of alkyl halides is 5. The molecule has 43 heavy (non-hydrogen) atoms. The Morgan fingerprint density at radius 2 is 1.86 bits per heavy atom. The summed E-state index contributed by atoms with van der Waals surface area (Å²) in [5.41, 5.74) is 8.20. The number of aryl methyl sites for hydroxylation is 2. The van der Waals surface area contributed by atoms with E-state index in [9.17, 15) is 26.7 Å². The minimum Gasteiger partial charge on any atom is -0.494 e. The third-order valence-electron chi connectivity index (χ3n) is 7.50. The largest absolute Gasteiger partial charge is 0.494 e. The van der Waals surface area contributed by atoms with E-state index in [0.717, 1.165) is 17.8 Å². The first kappa shape index (κ1) is 31.8. The molecule has 3 aromatic rings. The molecule has 14 heteroatoms. The van der Waals surface area contributed by atoms with Crippen LogP contribution in [0.25, 0.3) is 5.70 Å². The van der Waals surface area contributed by atoms with Gasteiger partial charge in [-0.1, -0.05) is 6.07 Å². The summed E-state index contributed by atoms with van der Waals surface area (Å²) in [7, 11) is 3.04. The maximum Gasteiger partial charge on any atom is 0.416 e. The van der Waals surface area contributed by atoms with Gasteiger partial charge < -0.3 is 15.8 Å². The Hall–Kier alpha value is -4.17. The van der Waals surface area contributed by atoms with Crippen molar-refractivity contribution in [3.05, 3.63) is 76.2 Å². The predicted molar refractivity (Wildman–Crippen MR) is 153 cm³/mol. The van der Waals surface area contributed by atoms with Gasteiger partial charge in [0.2, 0.25) is 0 Å². The molecule has 1 saturated heterocycles. The van der Waals surface area contributed by atoms with E-state index < -0.39 is 36.4 Å². The number of benzene rings is 2. The number of likely N-dealkylation sites (tertiary alicyclic amines) is 1. The number of rotatable bonds is 8. The van der Waals surface area contributed by atoms with Crippen molar-refractivity contribution in [1.29, 1.82) is 0 Å². The summed E-state index contributed by atoms with van der Waals surface area (Å²) in [5.74, 6) is 2.76. The molecule has 1 aromatic heterocycles. The molecule has 1 aliphatic rings. The predicted octanol–water partition coefficient (Wildman–Crippen LogP) is 5.19. The number of carbonyl (C=O) groups excluding carboxylic acids is 1. The van der Waals surface area contributed by atoms with E-state index in [0.29, 0.717) is 22.5 Å². The van der Waals surface area contributed by atoms with Crippen molar-refractivity contribution in [2.75, 3.05) is 30.5 Å². The number of hydrogen-bond donors (Lipinski definition) is 3. The number of hydrogen-bond acceptors (Lipinski definition) is 7. The first-order chi connectivity index (χ1) is 20.1. The van der Waals surface area contributed by atoms with Crippen LogP contribution in [0.3, 0.4) is 0 Å². The summed E-state index contributed by atoms with van der Waals surface area (Å²) >= 11 is 0. The standard InChI is InChI=1S/C29H34F5N7O2/c1-17-5-6-19(12-25(17)41(36)16-23(35)22-14-37-39(3)18(22)2)27(42)38-24-13-21(29(32,33)34)11-20(26(24)43-4)15-40-9-7-28(30,31)8-10-40/h5-6,11-14,16H,7-10,15,35-36H2,1-4H3,(H,38,42)/b23-16-. The lowest BCUT2D eigenvalue weighted by Crippen LogP contribution is -2.39. The number of nitrogens with two attached hydrogens (primary N) is 2.